The van der Waals surface area contributed by atoms with Crippen LogP contribution in [0.15, 0.2) is 121 Å². The number of hydrogen-bond acceptors (Lipinski definition) is 4. The zero-order valence-corrected chi connectivity index (χ0v) is 26.3. The highest BCUT2D eigenvalue weighted by Crippen LogP contribution is 2.54. The number of benzene rings is 8. The molecule has 4 heteroatoms. The highest BCUT2D eigenvalue weighted by molar-refractivity contribution is 6.44. The van der Waals surface area contributed by atoms with Crippen LogP contribution < -0.4 is 0 Å². The Morgan fingerprint density at radius 2 is 0.740 bits per heavy atom. The summed E-state index contributed by atoms with van der Waals surface area (Å²) < 4.78 is 0. The van der Waals surface area contributed by atoms with E-state index in [9.17, 15) is 21.0 Å². The molecule has 0 aliphatic heterocycles. The molecule has 0 unspecified atom stereocenters. The van der Waals surface area contributed by atoms with Gasteiger partial charge in [0.25, 0.3) is 0 Å². The topological polar surface area (TPSA) is 95.2 Å². The maximum absolute atomic E-state index is 10.1. The molecule has 0 aliphatic carbocycles. The summed E-state index contributed by atoms with van der Waals surface area (Å²) >= 11 is 0. The summed E-state index contributed by atoms with van der Waals surface area (Å²) in [5, 5.41) is 55.7. The first-order valence-electron chi connectivity index (χ1n) is 16.2. The Morgan fingerprint density at radius 1 is 0.300 bits per heavy atom. The van der Waals surface area contributed by atoms with Crippen molar-refractivity contribution in [3.63, 3.8) is 0 Å². The van der Waals surface area contributed by atoms with E-state index >= 15 is 0 Å². The Balaban J connectivity index is 1.60. The second kappa shape index (κ2) is 10.0. The summed E-state index contributed by atoms with van der Waals surface area (Å²) in [6, 6.07) is 49.9. The summed E-state index contributed by atoms with van der Waals surface area (Å²) in [4.78, 5) is 0. The smallest absolute Gasteiger partial charge is 0.0992 e. The molecule has 4 nitrogen and oxygen atoms in total. The van der Waals surface area contributed by atoms with Gasteiger partial charge in [0.1, 0.15) is 0 Å². The van der Waals surface area contributed by atoms with E-state index in [1.165, 1.54) is 5.39 Å². The Hall–Kier alpha value is -7.50. The highest BCUT2D eigenvalue weighted by atomic mass is 14.3. The standard InChI is InChI=1S/C46H20N4/c47-21-25-14-26(22-48)17-30(16-25)41-39-20-38-33-9-2-1-8-32(33)34-10-5-13-37(43(34)38)44(39)42(31-18-27(23-49)15-28(19-31)24-50)46-36-12-4-7-29-6-3-11-35(40(29)36)45(41)46/h1-20H. The fraction of sp³-hybridized carbons (Fsp3) is 0. The first-order chi connectivity index (χ1) is 24.6. The lowest BCUT2D eigenvalue weighted by Gasteiger charge is -2.19. The molecule has 10 aromatic carbocycles. The Morgan fingerprint density at radius 3 is 1.30 bits per heavy atom. The van der Waals surface area contributed by atoms with Gasteiger partial charge in [0.05, 0.1) is 46.5 Å². The molecule has 0 saturated carbocycles. The van der Waals surface area contributed by atoms with E-state index in [2.05, 4.69) is 109 Å². The van der Waals surface area contributed by atoms with Crippen LogP contribution in [-0.2, 0) is 0 Å². The second-order valence-electron chi connectivity index (χ2n) is 12.9. The van der Waals surface area contributed by atoms with Crippen LogP contribution in [0.25, 0.3) is 97.7 Å². The van der Waals surface area contributed by atoms with E-state index in [4.69, 9.17) is 0 Å². The summed E-state index contributed by atoms with van der Waals surface area (Å²) in [7, 11) is 0. The summed E-state index contributed by atoms with van der Waals surface area (Å²) in [6.07, 6.45) is 0. The summed E-state index contributed by atoms with van der Waals surface area (Å²) in [5.74, 6) is 0. The molecule has 0 aliphatic rings. The van der Waals surface area contributed by atoms with E-state index in [1.54, 1.807) is 12.1 Å². The van der Waals surface area contributed by atoms with Gasteiger partial charge in [-0.3, -0.25) is 0 Å². The number of rotatable bonds is 2. The van der Waals surface area contributed by atoms with E-state index in [0.29, 0.717) is 22.3 Å². The van der Waals surface area contributed by atoms with Gasteiger partial charge in [0, 0.05) is 0 Å². The molecule has 0 radical (unpaired) electrons. The van der Waals surface area contributed by atoms with Crippen molar-refractivity contribution in [3.8, 4) is 46.5 Å². The van der Waals surface area contributed by atoms with Gasteiger partial charge in [-0.05, 0) is 140 Å². The fourth-order valence-electron chi connectivity index (χ4n) is 8.54. The lowest BCUT2D eigenvalue weighted by atomic mass is 9.83. The zero-order valence-electron chi connectivity index (χ0n) is 26.3. The van der Waals surface area contributed by atoms with Gasteiger partial charge in [-0.1, -0.05) is 78.9 Å². The summed E-state index contributed by atoms with van der Waals surface area (Å²) in [5.41, 5.74) is 5.13. The van der Waals surface area contributed by atoms with Gasteiger partial charge in [0.2, 0.25) is 0 Å². The van der Waals surface area contributed by atoms with Gasteiger partial charge in [-0.15, -0.1) is 0 Å². The average Bonchev–Trinajstić information content (AvgIpc) is 3.68. The van der Waals surface area contributed by atoms with Crippen molar-refractivity contribution in [3.05, 3.63) is 144 Å². The third kappa shape index (κ3) is 3.55. The monoisotopic (exact) mass is 628 g/mol. The van der Waals surface area contributed by atoms with Gasteiger partial charge in [-0.25, -0.2) is 0 Å². The minimum absolute atomic E-state index is 0.414. The third-order valence-electron chi connectivity index (χ3n) is 10.3. The number of nitriles is 4. The molecule has 10 aromatic rings. The van der Waals surface area contributed by atoms with Gasteiger partial charge in [-0.2, -0.15) is 21.0 Å². The van der Waals surface area contributed by atoms with Crippen LogP contribution in [0.2, 0.25) is 0 Å². The molecule has 0 heterocycles. The third-order valence-corrected chi connectivity index (χ3v) is 10.3. The van der Waals surface area contributed by atoms with Crippen LogP contribution in [0.1, 0.15) is 22.3 Å². The van der Waals surface area contributed by atoms with Crippen molar-refractivity contribution in [2.75, 3.05) is 0 Å². The molecule has 0 fully saturated rings. The van der Waals surface area contributed by atoms with Crippen LogP contribution in [0, 0.1) is 45.3 Å². The maximum Gasteiger partial charge on any atom is 0.0992 e. The van der Waals surface area contributed by atoms with Gasteiger partial charge >= 0.3 is 0 Å². The van der Waals surface area contributed by atoms with Crippen LogP contribution in [0.4, 0.5) is 0 Å². The molecule has 0 amide bonds. The number of nitrogens with zero attached hydrogens (tertiary/aromatic N) is 4. The van der Waals surface area contributed by atoms with Crippen molar-refractivity contribution >= 4 is 75.4 Å². The van der Waals surface area contributed by atoms with Crippen molar-refractivity contribution in [1.82, 2.24) is 0 Å². The van der Waals surface area contributed by atoms with Crippen molar-refractivity contribution in [1.29, 1.82) is 21.0 Å². The number of hydrogen-bond donors (Lipinski definition) is 0. The molecule has 0 spiro atoms. The molecule has 50 heavy (non-hydrogen) atoms. The lowest BCUT2D eigenvalue weighted by molar-refractivity contribution is 1.45. The zero-order chi connectivity index (χ0) is 33.7. The largest absolute Gasteiger partial charge is 0.192 e. The predicted octanol–water partition coefficient (Wildman–Crippen LogP) is 11.5. The molecule has 10 rings (SSSR count). The fourth-order valence-corrected chi connectivity index (χ4v) is 8.54. The molecular weight excluding hydrogens is 609 g/mol. The van der Waals surface area contributed by atoms with Crippen molar-refractivity contribution < 1.29 is 0 Å². The van der Waals surface area contributed by atoms with Gasteiger partial charge < -0.3 is 0 Å². The SMILES string of the molecule is N#Cc1cc(C#N)cc(-c2c3cc4c5ccccc5c5cccc(c3c(-c3cc(C#N)cc(C#N)c3)c3c6cccc7cccc(c23)c76)c54)c1. The first-order valence-corrected chi connectivity index (χ1v) is 16.2. The second-order valence-corrected chi connectivity index (χ2v) is 12.9. The van der Waals surface area contributed by atoms with E-state index < -0.39 is 0 Å². The van der Waals surface area contributed by atoms with Crippen molar-refractivity contribution in [2.45, 2.75) is 0 Å². The minimum atomic E-state index is 0.414. The molecular formula is C46H20N4. The first kappa shape index (κ1) is 27.6. The van der Waals surface area contributed by atoms with E-state index in [0.717, 1.165) is 92.3 Å². The van der Waals surface area contributed by atoms with Gasteiger partial charge in [0.15, 0.2) is 0 Å². The molecule has 0 atom stereocenters. The summed E-state index contributed by atoms with van der Waals surface area (Å²) in [6.45, 7) is 0. The Kier molecular flexibility index (Phi) is 5.52. The molecule has 0 saturated heterocycles. The lowest BCUT2D eigenvalue weighted by Crippen LogP contribution is -1.93. The maximum atomic E-state index is 10.1. The number of fused-ring (bicyclic) bond motifs is 8. The minimum Gasteiger partial charge on any atom is -0.192 e. The Labute approximate surface area is 285 Å². The molecule has 224 valence electrons. The quantitative estimate of drug-likeness (QED) is 0.178. The molecule has 0 aromatic heterocycles. The van der Waals surface area contributed by atoms with E-state index in [-0.39, 0.29) is 0 Å². The molecule has 0 bridgehead atoms. The average molecular weight is 629 g/mol. The Bertz CT molecular complexity index is 3240. The molecule has 0 N–H and O–H groups in total. The predicted molar refractivity (Wildman–Crippen MR) is 201 cm³/mol. The van der Waals surface area contributed by atoms with Crippen LogP contribution in [0.3, 0.4) is 0 Å². The van der Waals surface area contributed by atoms with Crippen LogP contribution >= 0.6 is 0 Å². The van der Waals surface area contributed by atoms with Crippen LogP contribution in [-0.4, -0.2) is 0 Å². The van der Waals surface area contributed by atoms with Crippen LogP contribution in [0.5, 0.6) is 0 Å². The van der Waals surface area contributed by atoms with Crippen molar-refractivity contribution in [2.24, 2.45) is 0 Å². The highest BCUT2D eigenvalue weighted by Gasteiger charge is 2.27. The van der Waals surface area contributed by atoms with E-state index in [1.807, 2.05) is 24.3 Å². The normalized spacial score (nSPS) is 11.5.